The first-order valence-electron chi connectivity index (χ1n) is 7.58. The van der Waals surface area contributed by atoms with Crippen LogP contribution in [0.15, 0.2) is 41.8 Å². The van der Waals surface area contributed by atoms with Crippen molar-refractivity contribution in [2.45, 2.75) is 24.7 Å². The summed E-state index contributed by atoms with van der Waals surface area (Å²) in [5.74, 6) is -0.328. The standard InChI is InChI=1S/C10H20NO2.C7H8O3S/c1-5-10(12)13-9-7-6-8-11(2,3)4;1-6-2-4-7(5-3-6)11(8,9)10/h5H,1,6-9H2,2-4H3;2-5H,1H3,(H,8,9,10)/q+1;/p-1. The van der Waals surface area contributed by atoms with Gasteiger partial charge in [0.2, 0.25) is 0 Å². The lowest BCUT2D eigenvalue weighted by Gasteiger charge is -2.23. The Morgan fingerprint density at radius 3 is 2.17 bits per heavy atom. The first-order valence-corrected chi connectivity index (χ1v) is 8.99. The molecule has 0 atom stereocenters. The summed E-state index contributed by atoms with van der Waals surface area (Å²) >= 11 is 0. The molecule has 0 aromatic heterocycles. The predicted molar refractivity (Wildman–Crippen MR) is 92.4 cm³/mol. The molecule has 0 fully saturated rings. The van der Waals surface area contributed by atoms with Gasteiger partial charge in [0.25, 0.3) is 0 Å². The lowest BCUT2D eigenvalue weighted by Crippen LogP contribution is -2.35. The molecule has 0 saturated heterocycles. The summed E-state index contributed by atoms with van der Waals surface area (Å²) in [6.07, 6.45) is 3.20. The van der Waals surface area contributed by atoms with Gasteiger partial charge in [-0.05, 0) is 31.9 Å². The number of quaternary nitrogens is 1. The van der Waals surface area contributed by atoms with Crippen molar-refractivity contribution in [2.24, 2.45) is 0 Å². The van der Waals surface area contributed by atoms with Gasteiger partial charge in [-0.3, -0.25) is 0 Å². The zero-order valence-corrected chi connectivity index (χ0v) is 15.6. The molecule has 1 rings (SSSR count). The van der Waals surface area contributed by atoms with Gasteiger partial charge in [0.05, 0.1) is 39.2 Å². The molecule has 0 unspecified atom stereocenters. The van der Waals surface area contributed by atoms with E-state index in [0.29, 0.717) is 6.61 Å². The molecule has 136 valence electrons. The van der Waals surface area contributed by atoms with Gasteiger partial charge in [0.15, 0.2) is 0 Å². The van der Waals surface area contributed by atoms with E-state index in [4.69, 9.17) is 4.74 Å². The van der Waals surface area contributed by atoms with E-state index in [1.54, 1.807) is 12.1 Å². The number of rotatable bonds is 7. The van der Waals surface area contributed by atoms with Crippen molar-refractivity contribution in [3.8, 4) is 0 Å². The maximum absolute atomic E-state index is 10.6. The highest BCUT2D eigenvalue weighted by molar-refractivity contribution is 7.85. The lowest BCUT2D eigenvalue weighted by atomic mass is 10.2. The summed E-state index contributed by atoms with van der Waals surface area (Å²) in [5, 5.41) is 0. The fraction of sp³-hybridized carbons (Fsp3) is 0.471. The zero-order chi connectivity index (χ0) is 18.8. The number of nitrogens with zero attached hydrogens (tertiary/aromatic N) is 1. The molecule has 6 nitrogen and oxygen atoms in total. The molecule has 0 bridgehead atoms. The number of hydrogen-bond acceptors (Lipinski definition) is 5. The molecule has 24 heavy (non-hydrogen) atoms. The smallest absolute Gasteiger partial charge is 0.330 e. The highest BCUT2D eigenvalue weighted by atomic mass is 32.2. The number of carbonyl (C=O) groups is 1. The lowest BCUT2D eigenvalue weighted by molar-refractivity contribution is -0.870. The van der Waals surface area contributed by atoms with E-state index in [1.807, 2.05) is 6.92 Å². The first-order chi connectivity index (χ1) is 11.0. The van der Waals surface area contributed by atoms with E-state index in [9.17, 15) is 17.8 Å². The number of ether oxygens (including phenoxy) is 1. The maximum atomic E-state index is 10.6. The third-order valence-electron chi connectivity index (χ3n) is 2.94. The van der Waals surface area contributed by atoms with Crippen LogP contribution in [0, 0.1) is 6.92 Å². The molecule has 0 aliphatic rings. The van der Waals surface area contributed by atoms with Crippen LogP contribution in [0.4, 0.5) is 0 Å². The van der Waals surface area contributed by atoms with Gasteiger partial charge in [-0.15, -0.1) is 0 Å². The molecule has 0 heterocycles. The summed E-state index contributed by atoms with van der Waals surface area (Å²) in [6.45, 7) is 6.75. The minimum absolute atomic E-state index is 0.178. The molecule has 0 aliphatic carbocycles. The van der Waals surface area contributed by atoms with Crippen LogP contribution in [-0.4, -0.2) is 57.7 Å². The van der Waals surface area contributed by atoms with Crippen LogP contribution < -0.4 is 0 Å². The second kappa shape index (κ2) is 10.2. The van der Waals surface area contributed by atoms with Gasteiger partial charge in [0.1, 0.15) is 10.1 Å². The molecule has 0 spiro atoms. The number of aryl methyl sites for hydroxylation is 1. The van der Waals surface area contributed by atoms with Gasteiger partial charge in [-0.1, -0.05) is 24.3 Å². The molecular weight excluding hydrogens is 330 g/mol. The topological polar surface area (TPSA) is 83.5 Å². The number of hydrogen-bond donors (Lipinski definition) is 0. The van der Waals surface area contributed by atoms with Crippen molar-refractivity contribution in [2.75, 3.05) is 34.3 Å². The van der Waals surface area contributed by atoms with E-state index in [2.05, 4.69) is 27.7 Å². The number of unbranched alkanes of at least 4 members (excludes halogenated alkanes) is 1. The van der Waals surface area contributed by atoms with E-state index in [1.165, 1.54) is 18.2 Å². The van der Waals surface area contributed by atoms with Gasteiger partial charge < -0.3 is 13.8 Å². The second-order valence-electron chi connectivity index (χ2n) is 6.36. The third-order valence-corrected chi connectivity index (χ3v) is 3.79. The Bertz CT molecular complexity index is 615. The van der Waals surface area contributed by atoms with E-state index >= 15 is 0 Å². The summed E-state index contributed by atoms with van der Waals surface area (Å²) in [7, 11) is 2.18. The summed E-state index contributed by atoms with van der Waals surface area (Å²) in [5.41, 5.74) is 0.928. The van der Waals surface area contributed by atoms with Crippen molar-refractivity contribution in [3.63, 3.8) is 0 Å². The summed E-state index contributed by atoms with van der Waals surface area (Å²) in [4.78, 5) is 10.4. The molecule has 0 N–H and O–H groups in total. The monoisotopic (exact) mass is 357 g/mol. The number of benzene rings is 1. The van der Waals surface area contributed by atoms with Crippen molar-refractivity contribution >= 4 is 16.1 Å². The normalized spacial score (nSPS) is 11.2. The summed E-state index contributed by atoms with van der Waals surface area (Å²) in [6, 6.07) is 5.78. The number of carbonyl (C=O) groups excluding carboxylic acids is 1. The van der Waals surface area contributed by atoms with Crippen molar-refractivity contribution in [1.29, 1.82) is 0 Å². The highest BCUT2D eigenvalue weighted by Crippen LogP contribution is 2.08. The Balaban J connectivity index is 0.000000446. The number of esters is 1. The van der Waals surface area contributed by atoms with Gasteiger partial charge in [-0.25, -0.2) is 13.2 Å². The van der Waals surface area contributed by atoms with Crippen LogP contribution in [0.3, 0.4) is 0 Å². The minimum Gasteiger partial charge on any atom is -0.744 e. The van der Waals surface area contributed by atoms with E-state index < -0.39 is 10.1 Å². The Morgan fingerprint density at radius 1 is 1.21 bits per heavy atom. The van der Waals surface area contributed by atoms with E-state index in [0.717, 1.165) is 29.4 Å². The van der Waals surface area contributed by atoms with Crippen LogP contribution in [-0.2, 0) is 19.6 Å². The summed E-state index contributed by atoms with van der Waals surface area (Å²) < 4.78 is 37.0. The quantitative estimate of drug-likeness (QED) is 0.245. The van der Waals surface area contributed by atoms with Crippen LogP contribution in [0.25, 0.3) is 0 Å². The Labute approximate surface area is 145 Å². The molecule has 0 aliphatic heterocycles. The van der Waals surface area contributed by atoms with E-state index in [-0.39, 0.29) is 10.9 Å². The van der Waals surface area contributed by atoms with Crippen LogP contribution >= 0.6 is 0 Å². The minimum atomic E-state index is -4.27. The highest BCUT2D eigenvalue weighted by Gasteiger charge is 2.05. The fourth-order valence-corrected chi connectivity index (χ4v) is 2.09. The molecular formula is C17H27NO5S. The van der Waals surface area contributed by atoms with Gasteiger partial charge >= 0.3 is 5.97 Å². The Kier molecular flexibility index (Phi) is 9.50. The zero-order valence-electron chi connectivity index (χ0n) is 14.8. The second-order valence-corrected chi connectivity index (χ2v) is 7.74. The third kappa shape index (κ3) is 11.8. The molecule has 0 radical (unpaired) electrons. The predicted octanol–water partition coefficient (Wildman–Crippen LogP) is 2.10. The molecule has 1 aromatic carbocycles. The molecule has 0 amide bonds. The van der Waals surface area contributed by atoms with Crippen molar-refractivity contribution in [3.05, 3.63) is 42.5 Å². The SMILES string of the molecule is C=CC(=O)OCCCC[N+](C)(C)C.Cc1ccc(S(=O)(=O)[O-])cc1. The molecule has 0 saturated carbocycles. The van der Waals surface area contributed by atoms with Crippen LogP contribution in [0.5, 0.6) is 0 Å². The fourth-order valence-electron chi connectivity index (χ4n) is 1.62. The molecule has 1 aromatic rings. The maximum Gasteiger partial charge on any atom is 0.330 e. The molecule has 7 heteroatoms. The largest absolute Gasteiger partial charge is 0.744 e. The van der Waals surface area contributed by atoms with Crippen LogP contribution in [0.2, 0.25) is 0 Å². The van der Waals surface area contributed by atoms with Gasteiger partial charge in [-0.2, -0.15) is 0 Å². The van der Waals surface area contributed by atoms with Gasteiger partial charge in [0, 0.05) is 6.08 Å². The van der Waals surface area contributed by atoms with Crippen LogP contribution in [0.1, 0.15) is 18.4 Å². The average molecular weight is 357 g/mol. The average Bonchev–Trinajstić information content (AvgIpc) is 2.45. The first kappa shape index (κ1) is 22.3. The Morgan fingerprint density at radius 2 is 1.75 bits per heavy atom. The van der Waals surface area contributed by atoms with Crippen molar-refractivity contribution < 1.29 is 27.0 Å². The van der Waals surface area contributed by atoms with Crippen molar-refractivity contribution in [1.82, 2.24) is 0 Å². The Hall–Kier alpha value is -1.70.